The van der Waals surface area contributed by atoms with Gasteiger partial charge in [0.2, 0.25) is 5.89 Å². The Bertz CT molecular complexity index is 1230. The molecule has 0 saturated carbocycles. The Labute approximate surface area is 176 Å². The van der Waals surface area contributed by atoms with Crippen molar-refractivity contribution in [1.29, 1.82) is 0 Å². The summed E-state index contributed by atoms with van der Waals surface area (Å²) in [6.45, 7) is 3.29. The molecular weight excluding hydrogens is 411 g/mol. The third-order valence-corrected chi connectivity index (χ3v) is 4.68. The van der Waals surface area contributed by atoms with Crippen LogP contribution in [0, 0.1) is 19.7 Å². The number of nitrogens with zero attached hydrogens (tertiary/aromatic N) is 4. The van der Waals surface area contributed by atoms with Gasteiger partial charge in [0.25, 0.3) is 0 Å². The summed E-state index contributed by atoms with van der Waals surface area (Å²) >= 11 is 6.01. The predicted octanol–water partition coefficient (Wildman–Crippen LogP) is 4.69. The molecule has 152 valence electrons. The Hall–Kier alpha value is -3.52. The summed E-state index contributed by atoms with van der Waals surface area (Å²) in [4.78, 5) is 16.9. The number of esters is 1. The Morgan fingerprint density at radius 2 is 2.00 bits per heavy atom. The van der Waals surface area contributed by atoms with Crippen LogP contribution in [-0.4, -0.2) is 25.9 Å². The molecule has 7 nitrogen and oxygen atoms in total. The monoisotopic (exact) mass is 426 g/mol. The molecule has 0 atom stereocenters. The zero-order valence-electron chi connectivity index (χ0n) is 16.1. The highest BCUT2D eigenvalue weighted by Crippen LogP contribution is 2.25. The fourth-order valence-electron chi connectivity index (χ4n) is 2.88. The molecule has 0 aliphatic rings. The largest absolute Gasteiger partial charge is 0.454 e. The van der Waals surface area contributed by atoms with Gasteiger partial charge in [-0.15, -0.1) is 5.10 Å². The third kappa shape index (κ3) is 3.95. The summed E-state index contributed by atoms with van der Waals surface area (Å²) in [7, 11) is 0. The van der Waals surface area contributed by atoms with Gasteiger partial charge in [-0.05, 0) is 50.2 Å². The molecule has 4 rings (SSSR count). The molecule has 0 aliphatic heterocycles. The summed E-state index contributed by atoms with van der Waals surface area (Å²) in [5, 5.41) is 8.36. The molecule has 0 N–H and O–H groups in total. The fourth-order valence-corrected chi connectivity index (χ4v) is 3.07. The molecule has 0 aliphatic carbocycles. The van der Waals surface area contributed by atoms with Crippen LogP contribution >= 0.6 is 11.6 Å². The van der Waals surface area contributed by atoms with E-state index in [4.69, 9.17) is 20.8 Å². The van der Waals surface area contributed by atoms with E-state index in [0.717, 1.165) is 5.56 Å². The van der Waals surface area contributed by atoms with E-state index in [0.29, 0.717) is 33.7 Å². The number of benzene rings is 2. The average molecular weight is 427 g/mol. The standard InChI is InChI=1S/C21H16ClFN4O3/c1-12-19(25-26-27(12)17-8-4-7-16(23)10-17)21(28)29-11-18-13(2)30-20(24-18)14-5-3-6-15(22)9-14/h3-10H,11H2,1-2H3. The minimum absolute atomic E-state index is 0.0375. The van der Waals surface area contributed by atoms with Crippen LogP contribution in [0.4, 0.5) is 4.39 Å². The van der Waals surface area contributed by atoms with Crippen LogP contribution < -0.4 is 0 Å². The van der Waals surface area contributed by atoms with Gasteiger partial charge in [-0.25, -0.2) is 18.9 Å². The first-order chi connectivity index (χ1) is 14.4. The normalized spacial score (nSPS) is 10.9. The number of oxazole rings is 1. The van der Waals surface area contributed by atoms with Crippen LogP contribution in [0.25, 0.3) is 17.1 Å². The summed E-state index contributed by atoms with van der Waals surface area (Å²) in [6, 6.07) is 12.9. The molecule has 0 spiro atoms. The summed E-state index contributed by atoms with van der Waals surface area (Å²) in [5.41, 5.74) is 2.13. The molecule has 2 heterocycles. The SMILES string of the molecule is Cc1oc(-c2cccc(Cl)c2)nc1COC(=O)c1nnn(-c2cccc(F)c2)c1C. The van der Waals surface area contributed by atoms with E-state index in [1.165, 1.54) is 16.8 Å². The predicted molar refractivity (Wildman–Crippen MR) is 107 cm³/mol. The van der Waals surface area contributed by atoms with Crippen LogP contribution in [0.15, 0.2) is 52.9 Å². The second-order valence-corrected chi connectivity index (χ2v) is 6.96. The van der Waals surface area contributed by atoms with Gasteiger partial charge in [-0.1, -0.05) is 28.9 Å². The van der Waals surface area contributed by atoms with Gasteiger partial charge in [-0.2, -0.15) is 0 Å². The number of carbonyl (C=O) groups is 1. The molecule has 0 fully saturated rings. The lowest BCUT2D eigenvalue weighted by Crippen LogP contribution is -2.09. The van der Waals surface area contributed by atoms with Crippen molar-refractivity contribution in [2.45, 2.75) is 20.5 Å². The zero-order valence-corrected chi connectivity index (χ0v) is 16.9. The molecule has 30 heavy (non-hydrogen) atoms. The summed E-state index contributed by atoms with van der Waals surface area (Å²) in [5.74, 6) is -0.169. The zero-order chi connectivity index (χ0) is 21.3. The Balaban J connectivity index is 1.49. The van der Waals surface area contributed by atoms with E-state index in [2.05, 4.69) is 15.3 Å². The van der Waals surface area contributed by atoms with Crippen LogP contribution in [-0.2, 0) is 11.3 Å². The van der Waals surface area contributed by atoms with Crippen molar-refractivity contribution >= 4 is 17.6 Å². The molecule has 2 aromatic heterocycles. The molecule has 0 bridgehead atoms. The van der Waals surface area contributed by atoms with Gasteiger partial charge in [-0.3, -0.25) is 0 Å². The molecule has 0 unspecified atom stereocenters. The van der Waals surface area contributed by atoms with E-state index in [-0.39, 0.29) is 12.3 Å². The maximum Gasteiger partial charge on any atom is 0.361 e. The van der Waals surface area contributed by atoms with E-state index in [1.54, 1.807) is 44.2 Å². The van der Waals surface area contributed by atoms with Gasteiger partial charge in [0.05, 0.1) is 11.4 Å². The molecule has 9 heteroatoms. The van der Waals surface area contributed by atoms with Gasteiger partial charge in [0.15, 0.2) is 5.69 Å². The Morgan fingerprint density at radius 3 is 2.77 bits per heavy atom. The number of aromatic nitrogens is 4. The van der Waals surface area contributed by atoms with Crippen molar-refractivity contribution < 1.29 is 18.3 Å². The Morgan fingerprint density at radius 1 is 1.20 bits per heavy atom. The lowest BCUT2D eigenvalue weighted by atomic mass is 10.2. The van der Waals surface area contributed by atoms with E-state index >= 15 is 0 Å². The smallest absolute Gasteiger partial charge is 0.361 e. The highest BCUT2D eigenvalue weighted by molar-refractivity contribution is 6.30. The quantitative estimate of drug-likeness (QED) is 0.430. The number of carbonyl (C=O) groups excluding carboxylic acids is 1. The minimum atomic E-state index is -0.665. The van der Waals surface area contributed by atoms with Crippen LogP contribution in [0.2, 0.25) is 5.02 Å². The molecule has 4 aromatic rings. The van der Waals surface area contributed by atoms with Crippen molar-refractivity contribution in [3.8, 4) is 17.1 Å². The van der Waals surface area contributed by atoms with Gasteiger partial charge < -0.3 is 9.15 Å². The lowest BCUT2D eigenvalue weighted by molar-refractivity contribution is 0.0459. The first-order valence-corrected chi connectivity index (χ1v) is 9.38. The maximum atomic E-state index is 13.5. The van der Waals surface area contributed by atoms with E-state index in [9.17, 15) is 9.18 Å². The third-order valence-electron chi connectivity index (χ3n) is 4.44. The molecular formula is C21H16ClFN4O3. The second-order valence-electron chi connectivity index (χ2n) is 6.52. The maximum absolute atomic E-state index is 13.5. The van der Waals surface area contributed by atoms with Crippen molar-refractivity contribution in [2.75, 3.05) is 0 Å². The van der Waals surface area contributed by atoms with Crippen molar-refractivity contribution in [1.82, 2.24) is 20.0 Å². The first-order valence-electron chi connectivity index (χ1n) is 9.00. The molecule has 0 radical (unpaired) electrons. The average Bonchev–Trinajstić information content (AvgIpc) is 3.29. The van der Waals surface area contributed by atoms with Crippen LogP contribution in [0.1, 0.15) is 27.6 Å². The minimum Gasteiger partial charge on any atom is -0.454 e. The van der Waals surface area contributed by atoms with Crippen molar-refractivity contribution in [3.05, 3.63) is 82.2 Å². The first kappa shape index (κ1) is 19.8. The van der Waals surface area contributed by atoms with E-state index < -0.39 is 11.8 Å². The van der Waals surface area contributed by atoms with Crippen molar-refractivity contribution in [3.63, 3.8) is 0 Å². The van der Waals surface area contributed by atoms with Crippen LogP contribution in [0.5, 0.6) is 0 Å². The molecule has 2 aromatic carbocycles. The van der Waals surface area contributed by atoms with Crippen molar-refractivity contribution in [2.24, 2.45) is 0 Å². The van der Waals surface area contributed by atoms with Crippen LogP contribution in [0.3, 0.4) is 0 Å². The fraction of sp³-hybridized carbons (Fsp3) is 0.143. The molecule has 0 amide bonds. The number of rotatable bonds is 5. The number of ether oxygens (including phenoxy) is 1. The summed E-state index contributed by atoms with van der Waals surface area (Å²) < 4.78 is 25.8. The van der Waals surface area contributed by atoms with E-state index in [1.807, 2.05) is 6.07 Å². The van der Waals surface area contributed by atoms with Gasteiger partial charge in [0, 0.05) is 10.6 Å². The highest BCUT2D eigenvalue weighted by atomic mass is 35.5. The summed E-state index contributed by atoms with van der Waals surface area (Å²) in [6.07, 6.45) is 0. The molecule has 0 saturated heterocycles. The number of aryl methyl sites for hydroxylation is 1. The number of hydrogen-bond acceptors (Lipinski definition) is 6. The Kier molecular flexibility index (Phi) is 5.33. The second kappa shape index (κ2) is 8.08. The van der Waals surface area contributed by atoms with Gasteiger partial charge >= 0.3 is 5.97 Å². The highest BCUT2D eigenvalue weighted by Gasteiger charge is 2.20. The number of hydrogen-bond donors (Lipinski definition) is 0. The topological polar surface area (TPSA) is 83.0 Å². The van der Waals surface area contributed by atoms with Gasteiger partial charge in [0.1, 0.15) is 23.9 Å². The number of halogens is 2. The lowest BCUT2D eigenvalue weighted by Gasteiger charge is -2.04.